The van der Waals surface area contributed by atoms with Gasteiger partial charge in [-0.3, -0.25) is 9.59 Å². The maximum atomic E-state index is 11.9. The van der Waals surface area contributed by atoms with Gasteiger partial charge < -0.3 is 15.3 Å². The minimum absolute atomic E-state index is 0.104. The molecule has 2 rings (SSSR count). The van der Waals surface area contributed by atoms with E-state index < -0.39 is 11.9 Å². The van der Waals surface area contributed by atoms with Gasteiger partial charge >= 0.3 is 5.97 Å². The van der Waals surface area contributed by atoms with Crippen molar-refractivity contribution in [2.75, 3.05) is 18.5 Å². The fourth-order valence-corrected chi connectivity index (χ4v) is 2.46. The molecule has 0 radical (unpaired) electrons. The van der Waals surface area contributed by atoms with E-state index in [0.717, 1.165) is 6.42 Å². The van der Waals surface area contributed by atoms with Crippen LogP contribution in [0.15, 0.2) is 18.5 Å². The highest BCUT2D eigenvalue weighted by atomic mass is 16.4. The Kier molecular flexibility index (Phi) is 4.49. The molecule has 1 amide bonds. The van der Waals surface area contributed by atoms with Gasteiger partial charge in [0.1, 0.15) is 0 Å². The van der Waals surface area contributed by atoms with E-state index in [1.807, 2.05) is 0 Å². The Labute approximate surface area is 117 Å². The highest BCUT2D eigenvalue weighted by molar-refractivity contribution is 5.82. The summed E-state index contributed by atoms with van der Waals surface area (Å²) < 4.78 is 0. The number of carbonyl (C=O) groups excluding carboxylic acids is 1. The lowest BCUT2D eigenvalue weighted by molar-refractivity contribution is -0.142. The largest absolute Gasteiger partial charge is 0.481 e. The second-order valence-corrected chi connectivity index (χ2v) is 4.95. The van der Waals surface area contributed by atoms with Gasteiger partial charge in [0.05, 0.1) is 12.5 Å². The Balaban J connectivity index is 1.88. The first-order valence-electron chi connectivity index (χ1n) is 6.58. The summed E-state index contributed by atoms with van der Waals surface area (Å²) in [6.07, 6.45) is 5.38. The van der Waals surface area contributed by atoms with Gasteiger partial charge in [0.2, 0.25) is 11.9 Å². The molecule has 1 heterocycles. The molecule has 7 heteroatoms. The molecule has 1 aromatic heterocycles. The van der Waals surface area contributed by atoms with Crippen LogP contribution in [0.2, 0.25) is 0 Å². The normalized spacial score (nSPS) is 21.4. The lowest BCUT2D eigenvalue weighted by atomic mass is 10.0. The average Bonchev–Trinajstić information content (AvgIpc) is 2.87. The van der Waals surface area contributed by atoms with Gasteiger partial charge in [-0.15, -0.1) is 0 Å². The highest BCUT2D eigenvalue weighted by Gasteiger charge is 2.33. The summed E-state index contributed by atoms with van der Waals surface area (Å²) in [5.41, 5.74) is 0. The number of aliphatic carboxylic acids is 1. The fourth-order valence-electron chi connectivity index (χ4n) is 2.46. The Bertz CT molecular complexity index is 480. The van der Waals surface area contributed by atoms with Crippen molar-refractivity contribution in [1.29, 1.82) is 0 Å². The van der Waals surface area contributed by atoms with Gasteiger partial charge in [0.15, 0.2) is 0 Å². The number of anilines is 1. The second kappa shape index (κ2) is 6.31. The van der Waals surface area contributed by atoms with Crippen LogP contribution in [0.1, 0.15) is 19.3 Å². The number of likely N-dealkylation sites (N-methyl/N-ethyl adjacent to an activating group) is 1. The predicted octanol–water partition coefficient (Wildman–Crippen LogP) is 0.282. The zero-order valence-electron chi connectivity index (χ0n) is 11.3. The molecule has 7 nitrogen and oxygen atoms in total. The van der Waals surface area contributed by atoms with Gasteiger partial charge in [0.25, 0.3) is 0 Å². The van der Waals surface area contributed by atoms with E-state index >= 15 is 0 Å². The lowest BCUT2D eigenvalue weighted by Crippen LogP contribution is -2.44. The molecule has 1 saturated carbocycles. The van der Waals surface area contributed by atoms with Gasteiger partial charge in [-0.1, -0.05) is 6.42 Å². The second-order valence-electron chi connectivity index (χ2n) is 4.95. The van der Waals surface area contributed by atoms with Crippen LogP contribution < -0.4 is 10.2 Å². The molecule has 108 valence electrons. The molecule has 1 aromatic rings. The first-order valence-corrected chi connectivity index (χ1v) is 6.58. The van der Waals surface area contributed by atoms with Crippen molar-refractivity contribution in [1.82, 2.24) is 15.3 Å². The minimum Gasteiger partial charge on any atom is -0.481 e. The zero-order valence-corrected chi connectivity index (χ0v) is 11.3. The van der Waals surface area contributed by atoms with Crippen molar-refractivity contribution in [3.05, 3.63) is 18.5 Å². The summed E-state index contributed by atoms with van der Waals surface area (Å²) in [4.78, 5) is 32.7. The number of amides is 1. The lowest BCUT2D eigenvalue weighted by Gasteiger charge is -2.20. The molecule has 2 atom stereocenters. The average molecular weight is 278 g/mol. The number of hydrogen-bond acceptors (Lipinski definition) is 5. The monoisotopic (exact) mass is 278 g/mol. The standard InChI is InChI=1S/C13H18N4O3/c1-17(13-14-6-3-7-15-13)8-11(18)16-10-5-2-4-9(10)12(19)20/h3,6-7,9-10H,2,4-5,8H2,1H3,(H,16,18)(H,19,20). The Morgan fingerprint density at radius 1 is 1.40 bits per heavy atom. The number of rotatable bonds is 5. The first kappa shape index (κ1) is 14.2. The molecular formula is C13H18N4O3. The van der Waals surface area contributed by atoms with E-state index in [1.165, 1.54) is 0 Å². The number of aromatic nitrogens is 2. The Morgan fingerprint density at radius 3 is 2.75 bits per heavy atom. The highest BCUT2D eigenvalue weighted by Crippen LogP contribution is 2.25. The SMILES string of the molecule is CN(CC(=O)NC1CCCC1C(=O)O)c1ncccn1. The van der Waals surface area contributed by atoms with Gasteiger partial charge in [0, 0.05) is 25.5 Å². The van der Waals surface area contributed by atoms with Crippen LogP contribution in [-0.4, -0.2) is 46.6 Å². The summed E-state index contributed by atoms with van der Waals surface area (Å²) in [6.45, 7) is 0.104. The molecule has 2 unspecified atom stereocenters. The summed E-state index contributed by atoms with van der Waals surface area (Å²) in [5.74, 6) is -1.06. The van der Waals surface area contributed by atoms with Crippen molar-refractivity contribution in [3.8, 4) is 0 Å². The molecule has 0 saturated heterocycles. The van der Waals surface area contributed by atoms with Crippen LogP contribution in [0.25, 0.3) is 0 Å². The minimum atomic E-state index is -0.840. The zero-order chi connectivity index (χ0) is 14.5. The van der Waals surface area contributed by atoms with E-state index in [4.69, 9.17) is 5.11 Å². The summed E-state index contributed by atoms with van der Waals surface area (Å²) in [7, 11) is 1.72. The maximum absolute atomic E-state index is 11.9. The number of hydrogen-bond donors (Lipinski definition) is 2. The van der Waals surface area contributed by atoms with Crippen molar-refractivity contribution < 1.29 is 14.7 Å². The summed E-state index contributed by atoms with van der Waals surface area (Å²) >= 11 is 0. The van der Waals surface area contributed by atoms with Crippen LogP contribution in [0.3, 0.4) is 0 Å². The van der Waals surface area contributed by atoms with Crippen LogP contribution in [-0.2, 0) is 9.59 Å². The third kappa shape index (κ3) is 3.43. The topological polar surface area (TPSA) is 95.4 Å². The summed E-state index contributed by atoms with van der Waals surface area (Å²) in [5, 5.41) is 11.9. The van der Waals surface area contributed by atoms with E-state index in [9.17, 15) is 9.59 Å². The van der Waals surface area contributed by atoms with Crippen LogP contribution in [0.4, 0.5) is 5.95 Å². The molecule has 0 bridgehead atoms. The van der Waals surface area contributed by atoms with E-state index in [-0.39, 0.29) is 18.5 Å². The predicted molar refractivity (Wildman–Crippen MR) is 72.2 cm³/mol. The van der Waals surface area contributed by atoms with E-state index in [0.29, 0.717) is 18.8 Å². The molecule has 0 aliphatic heterocycles. The number of nitrogens with one attached hydrogen (secondary N) is 1. The number of carboxylic acids is 1. The van der Waals surface area contributed by atoms with Crippen molar-refractivity contribution in [2.24, 2.45) is 5.92 Å². The van der Waals surface area contributed by atoms with Gasteiger partial charge in [-0.25, -0.2) is 9.97 Å². The Hall–Kier alpha value is -2.18. The quantitative estimate of drug-likeness (QED) is 0.803. The molecular weight excluding hydrogens is 260 g/mol. The number of carbonyl (C=O) groups is 2. The summed E-state index contributed by atoms with van der Waals surface area (Å²) in [6, 6.07) is 1.43. The molecule has 0 spiro atoms. The van der Waals surface area contributed by atoms with Crippen molar-refractivity contribution in [2.45, 2.75) is 25.3 Å². The number of nitrogens with zero attached hydrogens (tertiary/aromatic N) is 3. The third-order valence-corrected chi connectivity index (χ3v) is 3.45. The van der Waals surface area contributed by atoms with Crippen molar-refractivity contribution >= 4 is 17.8 Å². The van der Waals surface area contributed by atoms with Crippen LogP contribution in [0, 0.1) is 5.92 Å². The fraction of sp³-hybridized carbons (Fsp3) is 0.538. The molecule has 1 aliphatic rings. The third-order valence-electron chi connectivity index (χ3n) is 3.45. The Morgan fingerprint density at radius 2 is 2.10 bits per heavy atom. The van der Waals surface area contributed by atoms with Gasteiger partial charge in [-0.05, 0) is 18.9 Å². The van der Waals surface area contributed by atoms with Crippen LogP contribution >= 0.6 is 0 Å². The van der Waals surface area contributed by atoms with Crippen LogP contribution in [0.5, 0.6) is 0 Å². The van der Waals surface area contributed by atoms with E-state index in [2.05, 4.69) is 15.3 Å². The smallest absolute Gasteiger partial charge is 0.308 e. The van der Waals surface area contributed by atoms with E-state index in [1.54, 1.807) is 30.4 Å². The molecule has 1 aliphatic carbocycles. The maximum Gasteiger partial charge on any atom is 0.308 e. The molecule has 1 fully saturated rings. The molecule has 20 heavy (non-hydrogen) atoms. The van der Waals surface area contributed by atoms with Gasteiger partial charge in [-0.2, -0.15) is 0 Å². The molecule has 2 N–H and O–H groups in total. The molecule has 0 aromatic carbocycles. The number of carboxylic acid groups (broad SMARTS) is 1. The van der Waals surface area contributed by atoms with Crippen molar-refractivity contribution in [3.63, 3.8) is 0 Å². The first-order chi connectivity index (χ1) is 9.58.